The molecule has 3 rings (SSSR count). The van der Waals surface area contributed by atoms with Crippen LogP contribution in [0.15, 0.2) is 78.4 Å². The van der Waals surface area contributed by atoms with Crippen molar-refractivity contribution < 1.29 is 19.1 Å². The molecule has 2 N–H and O–H groups in total. The molecule has 0 aliphatic heterocycles. The van der Waals surface area contributed by atoms with E-state index in [4.69, 9.17) is 21.1 Å². The van der Waals surface area contributed by atoms with Crippen LogP contribution in [0.2, 0.25) is 5.02 Å². The number of methoxy groups -OCH3 is 1. The van der Waals surface area contributed by atoms with Gasteiger partial charge in [-0.3, -0.25) is 9.59 Å². The second-order valence-corrected chi connectivity index (χ2v) is 7.12. The van der Waals surface area contributed by atoms with E-state index in [1.54, 1.807) is 72.8 Å². The first-order valence-corrected chi connectivity index (χ1v) is 10.2. The molecular formula is C25H20ClN3O4. The number of nitrogens with zero attached hydrogens (tertiary/aromatic N) is 1. The molecule has 3 aromatic carbocycles. The summed E-state index contributed by atoms with van der Waals surface area (Å²) in [5, 5.41) is 15.1. The standard InChI is InChI=1S/C25H20ClN3O4/c1-32-23-9-5-4-8-22(23)28-24(30)16-33-19-12-10-17(11-13-19)14-18(15-27)25(31)29-21-7-3-2-6-20(21)26/h2-14H,16H2,1H3,(H,28,30)(H,29,31). The predicted molar refractivity (Wildman–Crippen MR) is 127 cm³/mol. The molecular weight excluding hydrogens is 442 g/mol. The zero-order chi connectivity index (χ0) is 23.6. The Hall–Kier alpha value is -4.28. The highest BCUT2D eigenvalue weighted by molar-refractivity contribution is 6.34. The third kappa shape index (κ3) is 6.60. The van der Waals surface area contributed by atoms with Gasteiger partial charge in [-0.2, -0.15) is 5.26 Å². The van der Waals surface area contributed by atoms with E-state index in [-0.39, 0.29) is 18.1 Å². The summed E-state index contributed by atoms with van der Waals surface area (Å²) in [6.07, 6.45) is 1.45. The molecule has 0 saturated heterocycles. The zero-order valence-electron chi connectivity index (χ0n) is 17.7. The minimum Gasteiger partial charge on any atom is -0.495 e. The van der Waals surface area contributed by atoms with E-state index in [1.165, 1.54) is 13.2 Å². The van der Waals surface area contributed by atoms with Gasteiger partial charge in [0.1, 0.15) is 23.1 Å². The number of hydrogen-bond donors (Lipinski definition) is 2. The van der Waals surface area contributed by atoms with Crippen LogP contribution >= 0.6 is 11.6 Å². The minimum absolute atomic E-state index is 0.0835. The summed E-state index contributed by atoms with van der Waals surface area (Å²) >= 11 is 6.04. The van der Waals surface area contributed by atoms with Crippen molar-refractivity contribution in [1.29, 1.82) is 5.26 Å². The lowest BCUT2D eigenvalue weighted by atomic mass is 10.1. The number of benzene rings is 3. The van der Waals surface area contributed by atoms with Gasteiger partial charge in [0.25, 0.3) is 11.8 Å². The third-order valence-electron chi connectivity index (χ3n) is 4.43. The first-order chi connectivity index (χ1) is 16.0. The maximum absolute atomic E-state index is 12.4. The summed E-state index contributed by atoms with van der Waals surface area (Å²) in [5.74, 6) is 0.0978. The largest absolute Gasteiger partial charge is 0.495 e. The van der Waals surface area contributed by atoms with Gasteiger partial charge >= 0.3 is 0 Å². The van der Waals surface area contributed by atoms with Gasteiger partial charge in [-0.1, -0.05) is 48.0 Å². The lowest BCUT2D eigenvalue weighted by Gasteiger charge is -2.10. The second kappa shape index (κ2) is 11.4. The van der Waals surface area contributed by atoms with Crippen molar-refractivity contribution in [1.82, 2.24) is 0 Å². The molecule has 0 spiro atoms. The highest BCUT2D eigenvalue weighted by Crippen LogP contribution is 2.23. The molecule has 0 aromatic heterocycles. The van der Waals surface area contributed by atoms with Gasteiger partial charge in [0.05, 0.1) is 23.5 Å². The average molecular weight is 462 g/mol. The van der Waals surface area contributed by atoms with Crippen molar-refractivity contribution >= 4 is 40.9 Å². The molecule has 166 valence electrons. The first-order valence-electron chi connectivity index (χ1n) is 9.83. The van der Waals surface area contributed by atoms with Crippen LogP contribution in [0.25, 0.3) is 6.08 Å². The van der Waals surface area contributed by atoms with Gasteiger partial charge in [0, 0.05) is 0 Å². The molecule has 8 heteroatoms. The number of halogens is 1. The van der Waals surface area contributed by atoms with Gasteiger partial charge in [0.15, 0.2) is 6.61 Å². The molecule has 0 radical (unpaired) electrons. The topological polar surface area (TPSA) is 100 Å². The number of nitrogens with one attached hydrogen (secondary N) is 2. The van der Waals surface area contributed by atoms with E-state index >= 15 is 0 Å². The maximum atomic E-state index is 12.4. The van der Waals surface area contributed by atoms with E-state index in [2.05, 4.69) is 10.6 Å². The molecule has 33 heavy (non-hydrogen) atoms. The van der Waals surface area contributed by atoms with E-state index in [0.717, 1.165) is 0 Å². The summed E-state index contributed by atoms with van der Waals surface area (Å²) in [7, 11) is 1.52. The summed E-state index contributed by atoms with van der Waals surface area (Å²) in [6, 6.07) is 22.3. The molecule has 0 saturated carbocycles. The summed E-state index contributed by atoms with van der Waals surface area (Å²) in [4.78, 5) is 24.6. The van der Waals surface area contributed by atoms with Crippen LogP contribution in [0.3, 0.4) is 0 Å². The molecule has 7 nitrogen and oxygen atoms in total. The smallest absolute Gasteiger partial charge is 0.266 e. The van der Waals surface area contributed by atoms with Crippen molar-refractivity contribution in [3.63, 3.8) is 0 Å². The van der Waals surface area contributed by atoms with Gasteiger partial charge in [-0.15, -0.1) is 0 Å². The Kier molecular flexibility index (Phi) is 8.06. The van der Waals surface area contributed by atoms with Crippen molar-refractivity contribution in [3.05, 3.63) is 89.0 Å². The number of hydrogen-bond acceptors (Lipinski definition) is 5. The van der Waals surface area contributed by atoms with E-state index in [0.29, 0.717) is 33.5 Å². The summed E-state index contributed by atoms with van der Waals surface area (Å²) in [6.45, 7) is -0.197. The fourth-order valence-corrected chi connectivity index (χ4v) is 2.99. The van der Waals surface area contributed by atoms with Crippen LogP contribution < -0.4 is 20.1 Å². The zero-order valence-corrected chi connectivity index (χ0v) is 18.4. The maximum Gasteiger partial charge on any atom is 0.266 e. The lowest BCUT2D eigenvalue weighted by molar-refractivity contribution is -0.118. The van der Waals surface area contributed by atoms with E-state index < -0.39 is 5.91 Å². The van der Waals surface area contributed by atoms with Crippen molar-refractivity contribution in [3.8, 4) is 17.6 Å². The molecule has 0 unspecified atom stereocenters. The number of carbonyl (C=O) groups is 2. The Bertz CT molecular complexity index is 1220. The fourth-order valence-electron chi connectivity index (χ4n) is 2.81. The average Bonchev–Trinajstić information content (AvgIpc) is 2.83. The van der Waals surface area contributed by atoms with Gasteiger partial charge < -0.3 is 20.1 Å². The number of ether oxygens (including phenoxy) is 2. The van der Waals surface area contributed by atoms with Gasteiger partial charge in [-0.25, -0.2) is 0 Å². The molecule has 3 aromatic rings. The molecule has 0 heterocycles. The summed E-state index contributed by atoms with van der Waals surface area (Å²) in [5.41, 5.74) is 1.50. The third-order valence-corrected chi connectivity index (χ3v) is 4.76. The highest BCUT2D eigenvalue weighted by atomic mass is 35.5. The Morgan fingerprint density at radius 1 is 0.970 bits per heavy atom. The van der Waals surface area contributed by atoms with E-state index in [9.17, 15) is 14.9 Å². The fraction of sp³-hybridized carbons (Fsp3) is 0.0800. The van der Waals surface area contributed by atoms with Crippen molar-refractivity contribution in [2.75, 3.05) is 24.4 Å². The second-order valence-electron chi connectivity index (χ2n) is 6.71. The van der Waals surface area contributed by atoms with Crippen molar-refractivity contribution in [2.24, 2.45) is 0 Å². The Balaban J connectivity index is 1.59. The number of rotatable bonds is 8. The summed E-state index contributed by atoms with van der Waals surface area (Å²) < 4.78 is 10.7. The quantitative estimate of drug-likeness (QED) is 0.366. The molecule has 0 aliphatic carbocycles. The number of para-hydroxylation sites is 3. The number of anilines is 2. The highest BCUT2D eigenvalue weighted by Gasteiger charge is 2.12. The normalized spacial score (nSPS) is 10.6. The number of nitriles is 1. The van der Waals surface area contributed by atoms with Crippen LogP contribution in [0.5, 0.6) is 11.5 Å². The van der Waals surface area contributed by atoms with Crippen LogP contribution in [0, 0.1) is 11.3 Å². The SMILES string of the molecule is COc1ccccc1NC(=O)COc1ccc(C=C(C#N)C(=O)Nc2ccccc2Cl)cc1. The molecule has 2 amide bonds. The lowest BCUT2D eigenvalue weighted by Crippen LogP contribution is -2.20. The monoisotopic (exact) mass is 461 g/mol. The minimum atomic E-state index is -0.570. The number of carbonyl (C=O) groups excluding carboxylic acids is 2. The molecule has 0 bridgehead atoms. The van der Waals surface area contributed by atoms with Gasteiger partial charge in [0.2, 0.25) is 0 Å². The molecule has 0 atom stereocenters. The predicted octanol–water partition coefficient (Wildman–Crippen LogP) is 4.91. The van der Waals surface area contributed by atoms with Crippen LogP contribution in [-0.2, 0) is 9.59 Å². The van der Waals surface area contributed by atoms with Crippen LogP contribution in [0.1, 0.15) is 5.56 Å². The first kappa shape index (κ1) is 23.4. The van der Waals surface area contributed by atoms with E-state index in [1.807, 2.05) is 6.07 Å². The molecule has 0 aliphatic rings. The Morgan fingerprint density at radius 2 is 1.64 bits per heavy atom. The Morgan fingerprint density at radius 3 is 2.30 bits per heavy atom. The van der Waals surface area contributed by atoms with Gasteiger partial charge in [-0.05, 0) is 48.0 Å². The Labute approximate surface area is 196 Å². The van der Waals surface area contributed by atoms with Crippen molar-refractivity contribution in [2.45, 2.75) is 0 Å². The molecule has 0 fully saturated rings. The van der Waals surface area contributed by atoms with Crippen LogP contribution in [-0.4, -0.2) is 25.5 Å². The van der Waals surface area contributed by atoms with Crippen LogP contribution in [0.4, 0.5) is 11.4 Å². The number of amides is 2.